The fraction of sp³-hybridized carbons (Fsp3) is 0.444. The number of nitrogens with zero attached hydrogens (tertiary/aromatic N) is 2. The summed E-state index contributed by atoms with van der Waals surface area (Å²) in [6.07, 6.45) is 14.4. The van der Waals surface area contributed by atoms with Crippen molar-refractivity contribution in [3.63, 3.8) is 0 Å². The molecule has 21 heavy (non-hydrogen) atoms. The number of benzene rings is 1. The first-order valence-electron chi connectivity index (χ1n) is 7.85. The van der Waals surface area contributed by atoms with Crippen LogP contribution < -0.4 is 0 Å². The summed E-state index contributed by atoms with van der Waals surface area (Å²) in [6, 6.07) is 8.31. The van der Waals surface area contributed by atoms with Crippen LogP contribution in [0.5, 0.6) is 0 Å². The number of allylic oxidation sites excluding steroid dienone is 2. The minimum atomic E-state index is -1.18. The fourth-order valence-corrected chi connectivity index (χ4v) is 3.07. The third-order valence-electron chi connectivity index (χ3n) is 4.34. The van der Waals surface area contributed by atoms with Gasteiger partial charge in [0.15, 0.2) is 5.72 Å². The molecule has 0 aromatic heterocycles. The van der Waals surface area contributed by atoms with E-state index in [2.05, 4.69) is 22.4 Å². The van der Waals surface area contributed by atoms with Crippen molar-refractivity contribution in [2.24, 2.45) is 10.2 Å². The third kappa shape index (κ3) is 3.67. The van der Waals surface area contributed by atoms with Gasteiger partial charge in [-0.15, -0.1) is 5.11 Å². The topological polar surface area (TPSA) is 45.0 Å². The second kappa shape index (κ2) is 6.35. The lowest BCUT2D eigenvalue weighted by molar-refractivity contribution is 0.0956. The first-order valence-corrected chi connectivity index (χ1v) is 7.85. The van der Waals surface area contributed by atoms with E-state index in [0.29, 0.717) is 12.3 Å². The van der Waals surface area contributed by atoms with E-state index in [9.17, 15) is 5.11 Å². The minimum absolute atomic E-state index is 0.479. The van der Waals surface area contributed by atoms with Gasteiger partial charge in [0.1, 0.15) is 0 Å². The van der Waals surface area contributed by atoms with Crippen LogP contribution in [0.1, 0.15) is 50.0 Å². The summed E-state index contributed by atoms with van der Waals surface area (Å²) in [5, 5.41) is 18.4. The molecule has 3 nitrogen and oxygen atoms in total. The van der Waals surface area contributed by atoms with Crippen LogP contribution in [-0.2, 0) is 0 Å². The van der Waals surface area contributed by atoms with E-state index < -0.39 is 5.72 Å². The van der Waals surface area contributed by atoms with Crippen molar-refractivity contribution in [2.45, 2.75) is 50.2 Å². The summed E-state index contributed by atoms with van der Waals surface area (Å²) in [6.45, 7) is 0. The van der Waals surface area contributed by atoms with Gasteiger partial charge in [0.05, 0.1) is 5.69 Å². The van der Waals surface area contributed by atoms with Gasteiger partial charge in [0.2, 0.25) is 0 Å². The smallest absolute Gasteiger partial charge is 0.199 e. The Balaban J connectivity index is 1.66. The standard InChI is InChI=1S/C18H22N2O/c21-18(13-5-2-6-14-18)20-19-17-11-9-16(10-12-17)15-7-3-1-4-8-15/h2,5-6,9-13,15,21H,1,3-4,7-8,14H2. The van der Waals surface area contributed by atoms with Gasteiger partial charge in [0.25, 0.3) is 0 Å². The zero-order valence-corrected chi connectivity index (χ0v) is 12.3. The van der Waals surface area contributed by atoms with E-state index in [1.165, 1.54) is 37.7 Å². The Kier molecular flexibility index (Phi) is 4.30. The van der Waals surface area contributed by atoms with Crippen molar-refractivity contribution in [1.29, 1.82) is 0 Å². The second-order valence-corrected chi connectivity index (χ2v) is 6.00. The first kappa shape index (κ1) is 14.2. The Morgan fingerprint density at radius 1 is 1.00 bits per heavy atom. The van der Waals surface area contributed by atoms with E-state index in [0.717, 1.165) is 5.69 Å². The van der Waals surface area contributed by atoms with E-state index in [4.69, 9.17) is 0 Å². The largest absolute Gasteiger partial charge is 0.364 e. The highest BCUT2D eigenvalue weighted by Gasteiger charge is 2.22. The van der Waals surface area contributed by atoms with Crippen LogP contribution in [0.15, 0.2) is 58.8 Å². The summed E-state index contributed by atoms with van der Waals surface area (Å²) in [5.41, 5.74) is 1.02. The van der Waals surface area contributed by atoms with E-state index in [1.54, 1.807) is 12.2 Å². The molecule has 1 aromatic rings. The van der Waals surface area contributed by atoms with Gasteiger partial charge in [-0.1, -0.05) is 49.6 Å². The summed E-state index contributed by atoms with van der Waals surface area (Å²) < 4.78 is 0. The van der Waals surface area contributed by atoms with Gasteiger partial charge >= 0.3 is 0 Å². The quantitative estimate of drug-likeness (QED) is 0.777. The van der Waals surface area contributed by atoms with Crippen LogP contribution in [-0.4, -0.2) is 10.8 Å². The molecule has 0 amide bonds. The maximum Gasteiger partial charge on any atom is 0.199 e. The predicted molar refractivity (Wildman–Crippen MR) is 84.6 cm³/mol. The molecule has 2 aliphatic rings. The molecule has 1 N–H and O–H groups in total. The van der Waals surface area contributed by atoms with E-state index in [1.807, 2.05) is 24.3 Å². The molecule has 0 saturated heterocycles. The number of aliphatic hydroxyl groups is 1. The van der Waals surface area contributed by atoms with Crippen LogP contribution >= 0.6 is 0 Å². The molecule has 1 fully saturated rings. The fourth-order valence-electron chi connectivity index (χ4n) is 3.07. The van der Waals surface area contributed by atoms with Gasteiger partial charge in [-0.2, -0.15) is 5.11 Å². The van der Waals surface area contributed by atoms with Crippen molar-refractivity contribution in [1.82, 2.24) is 0 Å². The first-order chi connectivity index (χ1) is 10.3. The molecule has 0 heterocycles. The zero-order valence-electron chi connectivity index (χ0n) is 12.3. The molecule has 3 rings (SSSR count). The summed E-state index contributed by atoms with van der Waals surface area (Å²) >= 11 is 0. The molecule has 1 saturated carbocycles. The predicted octanol–water partition coefficient (Wildman–Crippen LogP) is 5.02. The van der Waals surface area contributed by atoms with Crippen LogP contribution in [0.25, 0.3) is 0 Å². The lowest BCUT2D eigenvalue weighted by Gasteiger charge is -2.22. The zero-order chi connectivity index (χ0) is 14.5. The molecule has 0 aliphatic heterocycles. The Morgan fingerprint density at radius 3 is 2.43 bits per heavy atom. The Morgan fingerprint density at radius 2 is 1.76 bits per heavy atom. The molecule has 1 atom stereocenters. The Bertz CT molecular complexity index is 553. The van der Waals surface area contributed by atoms with Crippen molar-refractivity contribution in [3.8, 4) is 0 Å². The number of azo groups is 1. The number of hydrogen-bond donors (Lipinski definition) is 1. The normalized spacial score (nSPS) is 26.5. The van der Waals surface area contributed by atoms with E-state index in [-0.39, 0.29) is 0 Å². The van der Waals surface area contributed by atoms with Crippen LogP contribution in [0.4, 0.5) is 5.69 Å². The lowest BCUT2D eigenvalue weighted by Crippen LogP contribution is -2.22. The number of rotatable bonds is 3. The molecule has 1 aromatic carbocycles. The van der Waals surface area contributed by atoms with Crippen molar-refractivity contribution >= 4 is 5.69 Å². The van der Waals surface area contributed by atoms with Gasteiger partial charge in [0, 0.05) is 6.42 Å². The summed E-state index contributed by atoms with van der Waals surface area (Å²) in [5.74, 6) is 0.709. The van der Waals surface area contributed by atoms with Gasteiger partial charge < -0.3 is 5.11 Å². The molecule has 1 unspecified atom stereocenters. The highest BCUT2D eigenvalue weighted by atomic mass is 16.3. The highest BCUT2D eigenvalue weighted by molar-refractivity contribution is 5.39. The molecule has 2 aliphatic carbocycles. The van der Waals surface area contributed by atoms with Crippen LogP contribution in [0, 0.1) is 0 Å². The molecule has 0 spiro atoms. The van der Waals surface area contributed by atoms with Crippen LogP contribution in [0.2, 0.25) is 0 Å². The summed E-state index contributed by atoms with van der Waals surface area (Å²) in [4.78, 5) is 0. The Hall–Kier alpha value is -1.74. The monoisotopic (exact) mass is 282 g/mol. The van der Waals surface area contributed by atoms with Crippen molar-refractivity contribution in [3.05, 3.63) is 54.1 Å². The van der Waals surface area contributed by atoms with Crippen molar-refractivity contribution < 1.29 is 5.11 Å². The van der Waals surface area contributed by atoms with Gasteiger partial charge in [-0.25, -0.2) is 0 Å². The SMILES string of the molecule is OC1(N=Nc2ccc(C3CCCCC3)cc2)C=CC=CC1. The molecule has 110 valence electrons. The van der Waals surface area contributed by atoms with Gasteiger partial charge in [-0.3, -0.25) is 0 Å². The lowest BCUT2D eigenvalue weighted by atomic mass is 9.84. The molecule has 0 radical (unpaired) electrons. The average molecular weight is 282 g/mol. The summed E-state index contributed by atoms with van der Waals surface area (Å²) in [7, 11) is 0. The second-order valence-electron chi connectivity index (χ2n) is 6.00. The van der Waals surface area contributed by atoms with Gasteiger partial charge in [-0.05, 0) is 42.5 Å². The molecular formula is C18H22N2O. The van der Waals surface area contributed by atoms with E-state index >= 15 is 0 Å². The maximum atomic E-state index is 10.2. The van der Waals surface area contributed by atoms with Crippen molar-refractivity contribution in [2.75, 3.05) is 0 Å². The number of hydrogen-bond acceptors (Lipinski definition) is 3. The molecular weight excluding hydrogens is 260 g/mol. The third-order valence-corrected chi connectivity index (χ3v) is 4.34. The average Bonchev–Trinajstić information content (AvgIpc) is 2.55. The highest BCUT2D eigenvalue weighted by Crippen LogP contribution is 2.33. The van der Waals surface area contributed by atoms with Crippen LogP contribution in [0.3, 0.4) is 0 Å². The molecule has 0 bridgehead atoms. The maximum absolute atomic E-state index is 10.2. The molecule has 3 heteroatoms. The minimum Gasteiger partial charge on any atom is -0.364 e. The Labute approximate surface area is 126 Å².